The summed E-state index contributed by atoms with van der Waals surface area (Å²) in [6.45, 7) is 4.78. The molecule has 2 aliphatic carbocycles. The second kappa shape index (κ2) is 16.8. The predicted octanol–water partition coefficient (Wildman–Crippen LogP) is 4.50. The number of amides is 2. The van der Waals surface area contributed by atoms with Crippen LogP contribution in [-0.4, -0.2) is 81.2 Å². The van der Waals surface area contributed by atoms with Crippen LogP contribution < -0.4 is 11.5 Å². The zero-order chi connectivity index (χ0) is 51.7. The topological polar surface area (TPSA) is 290 Å². The van der Waals surface area contributed by atoms with Crippen LogP contribution >= 0.6 is 0 Å². The molecule has 8 aromatic rings. The average molecular weight is 995 g/mol. The number of rotatable bonds is 10. The zero-order valence-electron chi connectivity index (χ0n) is 40.9. The highest BCUT2D eigenvalue weighted by Gasteiger charge is 2.45. The number of carbonyl (C=O) groups is 2. The van der Waals surface area contributed by atoms with Crippen molar-refractivity contribution in [2.75, 3.05) is 0 Å². The molecule has 0 radical (unpaired) electrons. The fraction of sp³-hybridized carbons (Fsp3) is 0.333. The lowest BCUT2D eigenvalue weighted by atomic mass is 9.73. The number of aromatic nitrogens is 10. The average Bonchev–Trinajstić information content (AvgIpc) is 4.21. The molecule has 4 atom stereocenters. The van der Waals surface area contributed by atoms with Gasteiger partial charge in [-0.25, -0.2) is 9.97 Å². The number of hydrogen-bond acceptors (Lipinski definition) is 14. The van der Waals surface area contributed by atoms with Gasteiger partial charge in [0.1, 0.15) is 46.8 Å². The van der Waals surface area contributed by atoms with E-state index in [-0.39, 0.29) is 58.8 Å². The summed E-state index contributed by atoms with van der Waals surface area (Å²) in [5, 5.41) is 63.7. The summed E-state index contributed by atoms with van der Waals surface area (Å²) in [6, 6.07) is 16.1. The van der Waals surface area contributed by atoms with Crippen LogP contribution in [0.1, 0.15) is 170 Å². The van der Waals surface area contributed by atoms with Crippen molar-refractivity contribution in [2.24, 2.45) is 25.6 Å². The Morgan fingerprint density at radius 1 is 0.716 bits per heavy atom. The van der Waals surface area contributed by atoms with Gasteiger partial charge >= 0.3 is 0 Å². The van der Waals surface area contributed by atoms with Gasteiger partial charge in [-0.1, -0.05) is 40.1 Å². The molecule has 6 aliphatic rings. The van der Waals surface area contributed by atoms with Crippen LogP contribution in [-0.2, 0) is 31.7 Å². The van der Waals surface area contributed by atoms with Crippen molar-refractivity contribution in [3.8, 4) is 46.5 Å². The Balaban J connectivity index is 0.902. The third kappa shape index (κ3) is 7.47. The highest BCUT2D eigenvalue weighted by molar-refractivity contribution is 5.94. The molecule has 20 heteroatoms. The summed E-state index contributed by atoms with van der Waals surface area (Å²) in [5.41, 5.74) is 15.6. The lowest BCUT2D eigenvalue weighted by molar-refractivity contribution is 0.0980. The van der Waals surface area contributed by atoms with Gasteiger partial charge in [-0.3, -0.25) is 19.0 Å². The van der Waals surface area contributed by atoms with E-state index in [2.05, 4.69) is 44.2 Å². The first kappa shape index (κ1) is 46.7. The number of hydrogen-bond donors (Lipinski definition) is 6. The summed E-state index contributed by atoms with van der Waals surface area (Å²) in [5.74, 6) is 12.8. The first-order valence-electron chi connectivity index (χ1n) is 24.2. The van der Waals surface area contributed by atoms with Crippen LogP contribution in [0.5, 0.6) is 0 Å². The molecule has 14 rings (SSSR count). The van der Waals surface area contributed by atoms with Crippen molar-refractivity contribution in [1.82, 2.24) is 49.0 Å². The third-order valence-electron chi connectivity index (χ3n) is 15.2. The Bertz CT molecular complexity index is 3770. The molecule has 0 spiro atoms. The number of nitrogens with two attached hydrogens (primary N) is 2. The molecule has 6 aromatic heterocycles. The maximum atomic E-state index is 13.1. The van der Waals surface area contributed by atoms with Crippen LogP contribution in [0.25, 0.3) is 22.8 Å². The monoisotopic (exact) mass is 994 g/mol. The largest absolute Gasteiger partial charge is 0.380 e. The second-order valence-corrected chi connectivity index (χ2v) is 20.2. The van der Waals surface area contributed by atoms with E-state index in [4.69, 9.17) is 30.5 Å². The number of aliphatic hydroxyl groups excluding tert-OH is 2. The summed E-state index contributed by atoms with van der Waals surface area (Å²) in [4.78, 5) is 35.7. The minimum absolute atomic E-state index is 0.0121. The van der Waals surface area contributed by atoms with Crippen LogP contribution in [0.2, 0.25) is 0 Å². The second-order valence-electron chi connectivity index (χ2n) is 20.2. The number of primary amides is 2. The molecule has 8 N–H and O–H groups in total. The van der Waals surface area contributed by atoms with Crippen molar-refractivity contribution >= 4 is 11.8 Å². The van der Waals surface area contributed by atoms with Gasteiger partial charge in [0.25, 0.3) is 11.8 Å². The van der Waals surface area contributed by atoms with E-state index in [0.717, 1.165) is 35.1 Å². The SMILES string of the molecule is Cc1cc(C(C)(O)C#Cc2cc(Cc3cc([C@](C)(O)C#Cc4ccc5c(c4)-c4nc(C(N)=O)c([C@H](O)c6ccnn6C)n4C4CC5C4)no3)c3c(c2)-c2nc(C(N)=O)c(C(O)c4ccnn4C)n2C2CC3C2)no1. The van der Waals surface area contributed by atoms with Gasteiger partial charge in [-0.2, -0.15) is 10.2 Å². The summed E-state index contributed by atoms with van der Waals surface area (Å²) in [7, 11) is 3.42. The van der Waals surface area contributed by atoms with Gasteiger partial charge in [0.05, 0.1) is 22.8 Å². The van der Waals surface area contributed by atoms with Crippen molar-refractivity contribution < 1.29 is 39.1 Å². The van der Waals surface area contributed by atoms with Crippen molar-refractivity contribution in [3.63, 3.8) is 0 Å². The molecule has 2 saturated carbocycles. The third-order valence-corrected chi connectivity index (χ3v) is 15.2. The quantitative estimate of drug-likeness (QED) is 0.103. The van der Waals surface area contributed by atoms with Gasteiger partial charge in [0.15, 0.2) is 22.6 Å². The van der Waals surface area contributed by atoms with E-state index in [1.54, 1.807) is 62.4 Å². The Morgan fingerprint density at radius 3 is 1.78 bits per heavy atom. The van der Waals surface area contributed by atoms with Gasteiger partial charge in [-0.05, 0) is 111 Å². The van der Waals surface area contributed by atoms with Gasteiger partial charge in [-0.15, -0.1) is 0 Å². The van der Waals surface area contributed by atoms with E-state index in [1.165, 1.54) is 18.5 Å². The molecule has 0 saturated heterocycles. The number of aliphatic hydroxyl groups is 4. The number of aryl methyl sites for hydroxylation is 3. The van der Waals surface area contributed by atoms with Gasteiger partial charge in [0, 0.05) is 79.4 Å². The van der Waals surface area contributed by atoms with E-state index in [9.17, 15) is 30.0 Å². The normalized spacial score (nSPS) is 20.2. The summed E-state index contributed by atoms with van der Waals surface area (Å²) < 4.78 is 18.1. The van der Waals surface area contributed by atoms with Crippen molar-refractivity contribution in [3.05, 3.63) is 152 Å². The molecule has 20 nitrogen and oxygen atoms in total. The Labute approximate surface area is 422 Å². The molecule has 2 unspecified atom stereocenters. The van der Waals surface area contributed by atoms with Crippen molar-refractivity contribution in [2.45, 2.75) is 100 Å². The van der Waals surface area contributed by atoms with E-state index in [0.29, 0.717) is 69.8 Å². The number of imidazole rings is 2. The van der Waals surface area contributed by atoms with Gasteiger partial charge < -0.3 is 50.1 Å². The minimum Gasteiger partial charge on any atom is -0.380 e. The Hall–Kier alpha value is -8.40. The van der Waals surface area contributed by atoms with Crippen molar-refractivity contribution in [1.29, 1.82) is 0 Å². The molecule has 4 bridgehead atoms. The molecule has 74 heavy (non-hydrogen) atoms. The molecule has 10 heterocycles. The lowest BCUT2D eigenvalue weighted by Crippen LogP contribution is -2.27. The highest BCUT2D eigenvalue weighted by atomic mass is 16.5. The smallest absolute Gasteiger partial charge is 0.269 e. The van der Waals surface area contributed by atoms with Gasteiger partial charge in [0.2, 0.25) is 0 Å². The number of carbonyl (C=O) groups excluding carboxylic acids is 2. The standard InChI is InChI=1S/C54H50N12O8/c1-26-16-40(61-73-26)53(2,71)13-9-28-17-30(42-31-22-33(23-31)66-46(48(68)39-11-15-58-64(39)5)44(50(56)70)60-52(66)37(42)19-28)24-34-25-41(62-74-34)54(3,72)12-8-27-6-7-35-29-20-32(21-29)65-45(47(67)38-10-14-57-63(38)4)43(49(55)69)59-51(65)36(35)18-27/h6-7,10-11,14-19,25,29,31-33,47-48,67-68,71-72H,20-24H2,1-5H3,(H2,55,69)(H2,56,70)/t29?,31?,32?,33?,47-,48?,53?,54-/m1/s1. The number of nitrogens with zero attached hydrogens (tertiary/aromatic N) is 10. The first-order valence-corrected chi connectivity index (χ1v) is 24.2. The van der Waals surface area contributed by atoms with Crippen LogP contribution in [0.4, 0.5) is 0 Å². The Kier molecular flexibility index (Phi) is 10.6. The van der Waals surface area contributed by atoms with E-state index >= 15 is 0 Å². The molecule has 2 aromatic carbocycles. The van der Waals surface area contributed by atoms with Crippen LogP contribution in [0, 0.1) is 30.6 Å². The molecular formula is C54H50N12O8. The maximum Gasteiger partial charge on any atom is 0.269 e. The summed E-state index contributed by atoms with van der Waals surface area (Å²) in [6.07, 6.45) is 3.80. The van der Waals surface area contributed by atoms with E-state index < -0.39 is 35.2 Å². The predicted molar refractivity (Wildman–Crippen MR) is 262 cm³/mol. The molecule has 2 fully saturated rings. The molecular weight excluding hydrogens is 945 g/mol. The number of benzene rings is 2. The van der Waals surface area contributed by atoms with E-state index in [1.807, 2.05) is 39.5 Å². The maximum absolute atomic E-state index is 13.1. The molecule has 374 valence electrons. The molecule has 4 aliphatic heterocycles. The minimum atomic E-state index is -1.79. The fourth-order valence-electron chi connectivity index (χ4n) is 11.3. The highest BCUT2D eigenvalue weighted by Crippen LogP contribution is 2.56. The fourth-order valence-corrected chi connectivity index (χ4v) is 11.3. The first-order chi connectivity index (χ1) is 35.3. The Morgan fingerprint density at radius 2 is 1.24 bits per heavy atom. The van der Waals surface area contributed by atoms with Crippen LogP contribution in [0.3, 0.4) is 0 Å². The summed E-state index contributed by atoms with van der Waals surface area (Å²) >= 11 is 0. The lowest BCUT2D eigenvalue weighted by Gasteiger charge is -2.36. The molecule has 2 amide bonds. The zero-order valence-corrected chi connectivity index (χ0v) is 40.9. The van der Waals surface area contributed by atoms with Crippen LogP contribution in [0.15, 0.2) is 76.0 Å².